The van der Waals surface area contributed by atoms with Crippen molar-refractivity contribution >= 4 is 32.2 Å². The summed E-state index contributed by atoms with van der Waals surface area (Å²) in [6.45, 7) is 1.42. The Morgan fingerprint density at radius 3 is 2.52 bits per heavy atom. The van der Waals surface area contributed by atoms with E-state index in [1.165, 1.54) is 17.0 Å². The van der Waals surface area contributed by atoms with Crippen LogP contribution in [0.15, 0.2) is 59.2 Å². The van der Waals surface area contributed by atoms with Crippen LogP contribution in [0.5, 0.6) is 0 Å². The van der Waals surface area contributed by atoms with Gasteiger partial charge in [-0.1, -0.05) is 51.5 Å². The van der Waals surface area contributed by atoms with E-state index in [4.69, 9.17) is 0 Å². The molecule has 1 N–H and O–H groups in total. The molecule has 126 valence electrons. The Balaban J connectivity index is 1.48. The summed E-state index contributed by atoms with van der Waals surface area (Å²) in [6, 6.07) is 14.6. The molecular weight excluding hydrogens is 403 g/mol. The average molecular weight is 417 g/mol. The van der Waals surface area contributed by atoms with Crippen LogP contribution in [0, 0.1) is 5.82 Å². The maximum absolute atomic E-state index is 12.9. The van der Waals surface area contributed by atoms with Crippen LogP contribution in [-0.2, 0) is 13.1 Å². The Hall–Kier alpha value is -2.09. The van der Waals surface area contributed by atoms with Crippen molar-refractivity contribution in [3.63, 3.8) is 0 Å². The Morgan fingerprint density at radius 1 is 1.00 bits per heavy atom. The van der Waals surface area contributed by atoms with Gasteiger partial charge in [-0.15, -0.1) is 10.2 Å². The zero-order valence-electron chi connectivity index (χ0n) is 13.1. The predicted molar refractivity (Wildman–Crippen MR) is 101 cm³/mol. The summed E-state index contributed by atoms with van der Waals surface area (Å²) in [5.41, 5.74) is 2.08. The number of aromatic nitrogens is 3. The zero-order chi connectivity index (χ0) is 17.2. The summed E-state index contributed by atoms with van der Waals surface area (Å²) in [4.78, 5) is 2.04. The summed E-state index contributed by atoms with van der Waals surface area (Å²) in [7, 11) is 0. The van der Waals surface area contributed by atoms with E-state index in [0.717, 1.165) is 32.9 Å². The lowest BCUT2D eigenvalue weighted by atomic mass is 10.2. The molecule has 0 saturated heterocycles. The zero-order valence-corrected chi connectivity index (χ0v) is 15.5. The first kappa shape index (κ1) is 16.4. The lowest BCUT2D eigenvalue weighted by molar-refractivity contribution is 0.625. The fourth-order valence-electron chi connectivity index (χ4n) is 2.56. The number of nitrogens with one attached hydrogen (secondary N) is 1. The normalized spacial score (nSPS) is 11.3. The molecule has 0 aliphatic rings. The van der Waals surface area contributed by atoms with Crippen molar-refractivity contribution in [2.45, 2.75) is 13.1 Å². The Morgan fingerprint density at radius 2 is 1.76 bits per heavy atom. The third-order valence-electron chi connectivity index (χ3n) is 3.80. The average Bonchev–Trinajstić information content (AvgIpc) is 3.18. The number of rotatable bonds is 5. The first-order valence-electron chi connectivity index (χ1n) is 7.73. The van der Waals surface area contributed by atoms with E-state index in [9.17, 15) is 4.39 Å². The molecule has 4 aromatic rings. The van der Waals surface area contributed by atoms with Crippen LogP contribution < -0.4 is 5.32 Å². The van der Waals surface area contributed by atoms with Gasteiger partial charge >= 0.3 is 0 Å². The van der Waals surface area contributed by atoms with Gasteiger partial charge in [0.15, 0.2) is 5.82 Å². The van der Waals surface area contributed by atoms with Gasteiger partial charge in [-0.3, -0.25) is 4.40 Å². The first-order valence-corrected chi connectivity index (χ1v) is 9.34. The van der Waals surface area contributed by atoms with Crippen molar-refractivity contribution < 1.29 is 4.39 Å². The number of fused-ring (bicyclic) bond motifs is 1. The van der Waals surface area contributed by atoms with Crippen molar-refractivity contribution in [2.24, 2.45) is 0 Å². The molecule has 2 aromatic heterocycles. The standard InChI is InChI=1S/C18H14BrFN4S/c19-14-5-3-13(4-6-14)17-22-23-18-24(17)11-16(25-18)10-21-9-12-1-7-15(20)8-2-12/h1-8,11,21H,9-10H2. The monoisotopic (exact) mass is 416 g/mol. The minimum Gasteiger partial charge on any atom is -0.308 e. The second kappa shape index (κ2) is 7.03. The largest absolute Gasteiger partial charge is 0.308 e. The van der Waals surface area contributed by atoms with Crippen LogP contribution in [0.2, 0.25) is 0 Å². The van der Waals surface area contributed by atoms with Gasteiger partial charge in [-0.05, 0) is 29.8 Å². The second-order valence-electron chi connectivity index (χ2n) is 5.61. The molecule has 0 bridgehead atoms. The van der Waals surface area contributed by atoms with Crippen LogP contribution in [0.1, 0.15) is 10.4 Å². The fraction of sp³-hybridized carbons (Fsp3) is 0.111. The summed E-state index contributed by atoms with van der Waals surface area (Å²) >= 11 is 5.06. The molecule has 0 unspecified atom stereocenters. The SMILES string of the molecule is Fc1ccc(CNCc2cn3c(-c4ccc(Br)cc4)nnc3s2)cc1. The van der Waals surface area contributed by atoms with E-state index < -0.39 is 0 Å². The summed E-state index contributed by atoms with van der Waals surface area (Å²) in [5, 5.41) is 11.9. The maximum atomic E-state index is 12.9. The number of halogens is 2. The van der Waals surface area contributed by atoms with E-state index >= 15 is 0 Å². The highest BCUT2D eigenvalue weighted by Crippen LogP contribution is 2.25. The molecule has 2 heterocycles. The fourth-order valence-corrected chi connectivity index (χ4v) is 3.71. The summed E-state index contributed by atoms with van der Waals surface area (Å²) in [5.74, 6) is 0.625. The Kier molecular flexibility index (Phi) is 4.61. The highest BCUT2D eigenvalue weighted by molar-refractivity contribution is 9.10. The van der Waals surface area contributed by atoms with Gasteiger partial charge < -0.3 is 5.32 Å². The molecule has 0 saturated carbocycles. The van der Waals surface area contributed by atoms with Crippen LogP contribution in [0.25, 0.3) is 16.3 Å². The molecule has 4 rings (SSSR count). The molecule has 0 amide bonds. The minimum atomic E-state index is -0.212. The summed E-state index contributed by atoms with van der Waals surface area (Å²) in [6.07, 6.45) is 2.06. The number of nitrogens with zero attached hydrogens (tertiary/aromatic N) is 3. The molecule has 2 aromatic carbocycles. The molecule has 0 aliphatic heterocycles. The van der Waals surface area contributed by atoms with Crippen molar-refractivity contribution in [3.8, 4) is 11.4 Å². The smallest absolute Gasteiger partial charge is 0.216 e. The van der Waals surface area contributed by atoms with Crippen LogP contribution in [-0.4, -0.2) is 14.6 Å². The van der Waals surface area contributed by atoms with Gasteiger partial charge in [-0.2, -0.15) is 0 Å². The van der Waals surface area contributed by atoms with E-state index in [0.29, 0.717) is 6.54 Å². The predicted octanol–water partition coefficient (Wildman–Crippen LogP) is 4.65. The van der Waals surface area contributed by atoms with Crippen molar-refractivity contribution in [3.05, 3.63) is 75.5 Å². The Labute approximate surface area is 156 Å². The molecule has 0 fully saturated rings. The molecular formula is C18H14BrFN4S. The third kappa shape index (κ3) is 3.63. The van der Waals surface area contributed by atoms with Gasteiger partial charge in [0.05, 0.1) is 0 Å². The number of hydrogen-bond acceptors (Lipinski definition) is 4. The van der Waals surface area contributed by atoms with E-state index in [-0.39, 0.29) is 5.82 Å². The van der Waals surface area contributed by atoms with Gasteiger partial charge in [0.2, 0.25) is 4.96 Å². The van der Waals surface area contributed by atoms with Crippen LogP contribution in [0.3, 0.4) is 0 Å². The van der Waals surface area contributed by atoms with Crippen molar-refractivity contribution in [1.82, 2.24) is 19.9 Å². The molecule has 0 radical (unpaired) electrons. The third-order valence-corrected chi connectivity index (χ3v) is 5.31. The maximum Gasteiger partial charge on any atom is 0.216 e. The Bertz CT molecular complexity index is 992. The van der Waals surface area contributed by atoms with E-state index in [1.54, 1.807) is 23.5 Å². The minimum absolute atomic E-state index is 0.212. The van der Waals surface area contributed by atoms with E-state index in [2.05, 4.69) is 37.6 Å². The molecule has 4 nitrogen and oxygen atoms in total. The number of benzene rings is 2. The van der Waals surface area contributed by atoms with Gasteiger partial charge in [-0.25, -0.2) is 4.39 Å². The summed E-state index contributed by atoms with van der Waals surface area (Å²) < 4.78 is 16.0. The van der Waals surface area contributed by atoms with Gasteiger partial charge in [0.25, 0.3) is 0 Å². The van der Waals surface area contributed by atoms with Crippen molar-refractivity contribution in [2.75, 3.05) is 0 Å². The van der Waals surface area contributed by atoms with Crippen molar-refractivity contribution in [1.29, 1.82) is 0 Å². The highest BCUT2D eigenvalue weighted by atomic mass is 79.9. The van der Waals surface area contributed by atoms with Gasteiger partial charge in [0.1, 0.15) is 5.82 Å². The molecule has 25 heavy (non-hydrogen) atoms. The number of thiazole rings is 1. The molecule has 7 heteroatoms. The lowest BCUT2D eigenvalue weighted by Gasteiger charge is -2.03. The van der Waals surface area contributed by atoms with Crippen LogP contribution >= 0.6 is 27.3 Å². The molecule has 0 atom stereocenters. The number of hydrogen-bond donors (Lipinski definition) is 1. The quantitative estimate of drug-likeness (QED) is 0.514. The molecule has 0 aliphatic carbocycles. The second-order valence-corrected chi connectivity index (χ2v) is 7.62. The lowest BCUT2D eigenvalue weighted by Crippen LogP contribution is -2.11. The highest BCUT2D eigenvalue weighted by Gasteiger charge is 2.11. The molecule has 0 spiro atoms. The van der Waals surface area contributed by atoms with Crippen LogP contribution in [0.4, 0.5) is 4.39 Å². The van der Waals surface area contributed by atoms with E-state index in [1.807, 2.05) is 28.7 Å². The topological polar surface area (TPSA) is 42.2 Å². The first-order chi connectivity index (χ1) is 12.2. The van der Waals surface area contributed by atoms with Gasteiger partial charge in [0, 0.05) is 34.2 Å².